The molecule has 29 heavy (non-hydrogen) atoms. The lowest BCUT2D eigenvalue weighted by Gasteiger charge is -2.34. The molecule has 0 bridgehead atoms. The molecule has 5 heteroatoms. The maximum atomic E-state index is 12.8. The fourth-order valence-corrected chi connectivity index (χ4v) is 5.06. The van der Waals surface area contributed by atoms with Gasteiger partial charge < -0.3 is 19.5 Å². The van der Waals surface area contributed by atoms with E-state index in [4.69, 9.17) is 4.74 Å². The number of aromatic nitrogens is 1. The Hall–Kier alpha value is -2.01. The third-order valence-corrected chi connectivity index (χ3v) is 6.89. The van der Waals surface area contributed by atoms with Gasteiger partial charge in [-0.25, -0.2) is 0 Å². The van der Waals surface area contributed by atoms with Crippen molar-refractivity contribution in [1.82, 2.24) is 14.8 Å². The predicted molar refractivity (Wildman–Crippen MR) is 116 cm³/mol. The van der Waals surface area contributed by atoms with E-state index >= 15 is 0 Å². The number of ether oxygens (including phenoxy) is 1. The zero-order valence-electron chi connectivity index (χ0n) is 17.9. The molecule has 1 N–H and O–H groups in total. The van der Waals surface area contributed by atoms with Crippen LogP contribution >= 0.6 is 0 Å². The number of carbonyl (C=O) groups excluding carboxylic acids is 1. The zero-order chi connectivity index (χ0) is 20.1. The lowest BCUT2D eigenvalue weighted by Crippen LogP contribution is -2.42. The molecule has 0 radical (unpaired) electrons. The quantitative estimate of drug-likeness (QED) is 0.833. The van der Waals surface area contributed by atoms with Gasteiger partial charge in [-0.1, -0.05) is 0 Å². The Bertz CT molecular complexity index is 920. The van der Waals surface area contributed by atoms with Crippen molar-refractivity contribution in [2.24, 2.45) is 5.92 Å². The van der Waals surface area contributed by atoms with Gasteiger partial charge in [-0.15, -0.1) is 0 Å². The van der Waals surface area contributed by atoms with Crippen molar-refractivity contribution < 1.29 is 9.53 Å². The molecule has 2 fully saturated rings. The molecule has 156 valence electrons. The highest BCUT2D eigenvalue weighted by Crippen LogP contribution is 2.39. The first-order chi connectivity index (χ1) is 14.0. The van der Waals surface area contributed by atoms with Crippen LogP contribution in [0.15, 0.2) is 18.2 Å². The Balaban J connectivity index is 1.44. The summed E-state index contributed by atoms with van der Waals surface area (Å²) in [7, 11) is 0. The van der Waals surface area contributed by atoms with Crippen LogP contribution in [0.4, 0.5) is 0 Å². The van der Waals surface area contributed by atoms with Crippen molar-refractivity contribution in [1.29, 1.82) is 0 Å². The van der Waals surface area contributed by atoms with Crippen LogP contribution in [0.2, 0.25) is 0 Å². The van der Waals surface area contributed by atoms with Crippen molar-refractivity contribution in [2.45, 2.75) is 77.6 Å². The molecule has 1 atom stereocenters. The second-order valence-corrected chi connectivity index (χ2v) is 9.59. The first-order valence-corrected chi connectivity index (χ1v) is 11.4. The highest BCUT2D eigenvalue weighted by molar-refractivity contribution is 6.03. The Morgan fingerprint density at radius 2 is 1.93 bits per heavy atom. The predicted octanol–water partition coefficient (Wildman–Crippen LogP) is 3.98. The van der Waals surface area contributed by atoms with E-state index in [1.807, 2.05) is 0 Å². The second kappa shape index (κ2) is 7.35. The standard InChI is InChI=1S/C24H33N3O2/c1-15(2)26-10-8-18(9-11-26)29-19-6-7-22-20(13-19)21(12-17-4-5-17)23-24(28)25-16(3)14-27(22)23/h6-7,13,15-18H,4-5,8-12,14H2,1-3H3,(H,25,28)/t16-/m1/s1. The largest absolute Gasteiger partial charge is 0.490 e. The van der Waals surface area contributed by atoms with Crippen molar-refractivity contribution >= 4 is 16.8 Å². The van der Waals surface area contributed by atoms with E-state index in [0.29, 0.717) is 6.04 Å². The average molecular weight is 396 g/mol. The molecule has 1 saturated carbocycles. The van der Waals surface area contributed by atoms with Crippen molar-refractivity contribution in [3.05, 3.63) is 29.5 Å². The summed E-state index contributed by atoms with van der Waals surface area (Å²) in [4.78, 5) is 15.3. The number of rotatable bonds is 5. The molecule has 2 aliphatic heterocycles. The fourth-order valence-electron chi connectivity index (χ4n) is 5.06. The van der Waals surface area contributed by atoms with E-state index in [1.165, 1.54) is 29.3 Å². The van der Waals surface area contributed by atoms with Gasteiger partial charge in [-0.3, -0.25) is 4.79 Å². The Morgan fingerprint density at radius 3 is 2.62 bits per heavy atom. The number of nitrogens with zero attached hydrogens (tertiary/aromatic N) is 2. The van der Waals surface area contributed by atoms with Gasteiger partial charge in [0.1, 0.15) is 17.5 Å². The van der Waals surface area contributed by atoms with Crippen LogP contribution in [-0.2, 0) is 13.0 Å². The van der Waals surface area contributed by atoms with E-state index in [1.54, 1.807) is 0 Å². The lowest BCUT2D eigenvalue weighted by molar-refractivity contribution is 0.0844. The normalized spacial score (nSPS) is 23.4. The average Bonchev–Trinajstić information content (AvgIpc) is 3.45. The molecule has 5 nitrogen and oxygen atoms in total. The molecular formula is C24H33N3O2. The minimum Gasteiger partial charge on any atom is -0.490 e. The number of piperidine rings is 1. The Morgan fingerprint density at radius 1 is 1.17 bits per heavy atom. The molecule has 5 rings (SSSR count). The molecule has 3 heterocycles. The van der Waals surface area contributed by atoms with Crippen molar-refractivity contribution in [3.8, 4) is 5.75 Å². The second-order valence-electron chi connectivity index (χ2n) is 9.59. The Kier molecular flexibility index (Phi) is 4.81. The summed E-state index contributed by atoms with van der Waals surface area (Å²) in [6.07, 6.45) is 6.03. The fraction of sp³-hybridized carbons (Fsp3) is 0.625. The van der Waals surface area contributed by atoms with Crippen LogP contribution in [0, 0.1) is 5.92 Å². The molecule has 3 aliphatic rings. The minimum atomic E-state index is 0.0825. The first-order valence-electron chi connectivity index (χ1n) is 11.4. The van der Waals surface area contributed by atoms with E-state index in [0.717, 1.165) is 56.3 Å². The third kappa shape index (κ3) is 3.65. The number of carbonyl (C=O) groups is 1. The van der Waals surface area contributed by atoms with Crippen LogP contribution < -0.4 is 10.1 Å². The van der Waals surface area contributed by atoms with Gasteiger partial charge in [0.25, 0.3) is 5.91 Å². The summed E-state index contributed by atoms with van der Waals surface area (Å²) in [6.45, 7) is 9.67. The molecular weight excluding hydrogens is 362 g/mol. The highest BCUT2D eigenvalue weighted by atomic mass is 16.5. The minimum absolute atomic E-state index is 0.0825. The third-order valence-electron chi connectivity index (χ3n) is 6.89. The Labute approximate surface area is 173 Å². The van der Waals surface area contributed by atoms with E-state index in [-0.39, 0.29) is 18.1 Å². The monoisotopic (exact) mass is 395 g/mol. The first kappa shape index (κ1) is 19.0. The van der Waals surface area contributed by atoms with Crippen LogP contribution in [0.1, 0.15) is 62.5 Å². The van der Waals surface area contributed by atoms with Crippen molar-refractivity contribution in [3.63, 3.8) is 0 Å². The molecule has 2 aromatic rings. The van der Waals surface area contributed by atoms with E-state index < -0.39 is 0 Å². The van der Waals surface area contributed by atoms with Crippen LogP contribution in [0.25, 0.3) is 10.9 Å². The summed E-state index contributed by atoms with van der Waals surface area (Å²) in [5.41, 5.74) is 3.29. The molecule has 1 amide bonds. The SMILES string of the molecule is CC(C)N1CCC(Oc2ccc3c(c2)c(CC2CC2)c2n3C[C@@H](C)NC2=O)CC1. The number of benzene rings is 1. The lowest BCUT2D eigenvalue weighted by atomic mass is 10.0. The number of likely N-dealkylation sites (tertiary alicyclic amines) is 1. The van der Waals surface area contributed by atoms with Gasteiger partial charge in [0.2, 0.25) is 0 Å². The van der Waals surface area contributed by atoms with Crippen LogP contribution in [0.5, 0.6) is 5.75 Å². The van der Waals surface area contributed by atoms with Crippen LogP contribution in [-0.4, -0.2) is 46.7 Å². The molecule has 1 saturated heterocycles. The number of hydrogen-bond donors (Lipinski definition) is 1. The highest BCUT2D eigenvalue weighted by Gasteiger charge is 2.32. The summed E-state index contributed by atoms with van der Waals surface area (Å²) < 4.78 is 8.65. The van der Waals surface area contributed by atoms with Gasteiger partial charge in [0.05, 0.1) is 0 Å². The van der Waals surface area contributed by atoms with Crippen molar-refractivity contribution in [2.75, 3.05) is 13.1 Å². The van der Waals surface area contributed by atoms with Gasteiger partial charge in [-0.2, -0.15) is 0 Å². The van der Waals surface area contributed by atoms with Crippen LogP contribution in [0.3, 0.4) is 0 Å². The van der Waals surface area contributed by atoms with Gasteiger partial charge in [0, 0.05) is 42.6 Å². The molecule has 0 spiro atoms. The number of nitrogens with one attached hydrogen (secondary N) is 1. The number of fused-ring (bicyclic) bond motifs is 3. The zero-order valence-corrected chi connectivity index (χ0v) is 17.9. The topological polar surface area (TPSA) is 46.5 Å². The maximum Gasteiger partial charge on any atom is 0.268 e. The van der Waals surface area contributed by atoms with E-state index in [2.05, 4.69) is 53.8 Å². The maximum absolute atomic E-state index is 12.8. The van der Waals surface area contributed by atoms with Gasteiger partial charge in [0.15, 0.2) is 0 Å². The molecule has 1 aromatic carbocycles. The molecule has 1 aliphatic carbocycles. The summed E-state index contributed by atoms with van der Waals surface area (Å²) in [5, 5.41) is 4.34. The molecule has 0 unspecified atom stereocenters. The smallest absolute Gasteiger partial charge is 0.268 e. The van der Waals surface area contributed by atoms with E-state index in [9.17, 15) is 4.79 Å². The number of amides is 1. The summed E-state index contributed by atoms with van der Waals surface area (Å²) >= 11 is 0. The van der Waals surface area contributed by atoms with Gasteiger partial charge >= 0.3 is 0 Å². The summed E-state index contributed by atoms with van der Waals surface area (Å²) in [5.74, 6) is 1.77. The number of hydrogen-bond acceptors (Lipinski definition) is 3. The summed E-state index contributed by atoms with van der Waals surface area (Å²) in [6, 6.07) is 7.24. The van der Waals surface area contributed by atoms with Gasteiger partial charge in [-0.05, 0) is 82.6 Å². The molecule has 1 aromatic heterocycles.